The van der Waals surface area contributed by atoms with Crippen molar-refractivity contribution in [1.29, 1.82) is 0 Å². The Labute approximate surface area is 179 Å². The number of hydrogen-bond donors (Lipinski definition) is 1. The third-order valence-electron chi connectivity index (χ3n) is 5.09. The maximum atomic E-state index is 13.4. The number of piperidine rings is 1. The van der Waals surface area contributed by atoms with Crippen LogP contribution in [0.25, 0.3) is 0 Å². The Morgan fingerprint density at radius 3 is 2.32 bits per heavy atom. The van der Waals surface area contributed by atoms with Gasteiger partial charge in [-0.15, -0.1) is 0 Å². The fourth-order valence-corrected chi connectivity index (χ4v) is 3.76. The van der Waals surface area contributed by atoms with Gasteiger partial charge in [0.05, 0.1) is 27.8 Å². The summed E-state index contributed by atoms with van der Waals surface area (Å²) in [5.41, 5.74) is -0.440. The third kappa shape index (κ3) is 5.41. The second-order valence-electron chi connectivity index (χ2n) is 7.29. The molecule has 1 saturated heterocycles. The highest BCUT2D eigenvalue weighted by Gasteiger charge is 2.42. The first-order valence-electron chi connectivity index (χ1n) is 9.32. The van der Waals surface area contributed by atoms with Crippen LogP contribution in [0.3, 0.4) is 0 Å². The van der Waals surface area contributed by atoms with E-state index in [9.17, 15) is 31.1 Å². The second-order valence-corrected chi connectivity index (χ2v) is 7.70. The molecule has 168 valence electrons. The van der Waals surface area contributed by atoms with Crippen molar-refractivity contribution in [2.24, 2.45) is 5.92 Å². The van der Waals surface area contributed by atoms with Gasteiger partial charge in [0.25, 0.3) is 5.91 Å². The largest absolute Gasteiger partial charge is 0.417 e. The van der Waals surface area contributed by atoms with E-state index in [1.165, 1.54) is 17.2 Å². The smallest absolute Gasteiger partial charge is 0.371 e. The number of carbonyl (C=O) groups excluding carboxylic acids is 1. The summed E-state index contributed by atoms with van der Waals surface area (Å²) in [6.07, 6.45) is -8.26. The summed E-state index contributed by atoms with van der Waals surface area (Å²) in [5, 5.41) is 1.90. The highest BCUT2D eigenvalue weighted by Crippen LogP contribution is 2.41. The number of halogens is 7. The SMILES string of the molecule is Cc1cc(NC(=O)c2cc(Cl)c(C(F)(F)F)cc2N2CCC(C(F)(F)F)CC2)ccn1. The summed E-state index contributed by atoms with van der Waals surface area (Å²) in [5.74, 6) is -2.26. The van der Waals surface area contributed by atoms with Gasteiger partial charge in [-0.1, -0.05) is 11.6 Å². The van der Waals surface area contributed by atoms with Crippen LogP contribution in [0.4, 0.5) is 37.7 Å². The summed E-state index contributed by atoms with van der Waals surface area (Å²) in [6, 6.07) is 4.70. The van der Waals surface area contributed by atoms with E-state index in [-0.39, 0.29) is 37.2 Å². The van der Waals surface area contributed by atoms with E-state index in [1.807, 2.05) is 0 Å². The van der Waals surface area contributed by atoms with Gasteiger partial charge in [0, 0.05) is 30.7 Å². The van der Waals surface area contributed by atoms with E-state index >= 15 is 0 Å². The molecule has 0 atom stereocenters. The molecular formula is C20H18ClF6N3O. The quantitative estimate of drug-likeness (QED) is 0.558. The van der Waals surface area contributed by atoms with Crippen LogP contribution in [0, 0.1) is 12.8 Å². The van der Waals surface area contributed by atoms with Crippen molar-refractivity contribution >= 4 is 28.9 Å². The van der Waals surface area contributed by atoms with Crippen molar-refractivity contribution < 1.29 is 31.1 Å². The third-order valence-corrected chi connectivity index (χ3v) is 5.40. The lowest BCUT2D eigenvalue weighted by Gasteiger charge is -2.35. The Kier molecular flexibility index (Phi) is 6.40. The molecule has 0 spiro atoms. The standard InChI is InChI=1S/C20H18ClF6N3O/c1-11-8-13(2-5-28-11)29-18(31)14-9-16(21)15(20(25,26)27)10-17(14)30-6-3-12(4-7-30)19(22,23)24/h2,5,8-10,12H,3-4,6-7H2,1H3,(H,28,29,31). The first kappa shape index (κ1) is 23.2. The van der Waals surface area contributed by atoms with Gasteiger partial charge >= 0.3 is 12.4 Å². The number of alkyl halides is 6. The Morgan fingerprint density at radius 1 is 1.13 bits per heavy atom. The summed E-state index contributed by atoms with van der Waals surface area (Å²) < 4.78 is 79.1. The van der Waals surface area contributed by atoms with Crippen molar-refractivity contribution in [3.63, 3.8) is 0 Å². The summed E-state index contributed by atoms with van der Waals surface area (Å²) in [6.45, 7) is 1.41. The molecule has 11 heteroatoms. The predicted octanol–water partition coefficient (Wildman–Crippen LogP) is 6.09. The molecule has 4 nitrogen and oxygen atoms in total. The Hall–Kier alpha value is -2.49. The lowest BCUT2D eigenvalue weighted by molar-refractivity contribution is -0.179. The van der Waals surface area contributed by atoms with E-state index in [4.69, 9.17) is 11.6 Å². The van der Waals surface area contributed by atoms with E-state index in [0.717, 1.165) is 12.1 Å². The van der Waals surface area contributed by atoms with Gasteiger partial charge in [0.2, 0.25) is 0 Å². The number of nitrogens with zero attached hydrogens (tertiary/aromatic N) is 2. The highest BCUT2D eigenvalue weighted by atomic mass is 35.5. The number of aryl methyl sites for hydroxylation is 1. The Balaban J connectivity index is 1.96. The van der Waals surface area contributed by atoms with Crippen LogP contribution in [-0.2, 0) is 6.18 Å². The normalized spacial score (nSPS) is 15.8. The topological polar surface area (TPSA) is 45.2 Å². The van der Waals surface area contributed by atoms with Gasteiger partial charge in [-0.25, -0.2) is 0 Å². The highest BCUT2D eigenvalue weighted by molar-refractivity contribution is 6.32. The molecule has 1 aliphatic heterocycles. The van der Waals surface area contributed by atoms with Crippen LogP contribution in [0.15, 0.2) is 30.5 Å². The maximum absolute atomic E-state index is 13.4. The molecule has 1 aromatic heterocycles. The minimum absolute atomic E-state index is 0.111. The fraction of sp³-hybridized carbons (Fsp3) is 0.400. The number of aromatic nitrogens is 1. The number of rotatable bonds is 3. The molecule has 0 aliphatic carbocycles. The number of hydrogen-bond acceptors (Lipinski definition) is 3. The zero-order chi connectivity index (χ0) is 23.0. The molecule has 0 radical (unpaired) electrons. The molecule has 2 heterocycles. The predicted molar refractivity (Wildman–Crippen MR) is 104 cm³/mol. The van der Waals surface area contributed by atoms with E-state index in [0.29, 0.717) is 11.4 Å². The van der Waals surface area contributed by atoms with Gasteiger partial charge in [-0.05, 0) is 44.0 Å². The van der Waals surface area contributed by atoms with Crippen LogP contribution in [0.1, 0.15) is 34.5 Å². The number of carbonyl (C=O) groups is 1. The van der Waals surface area contributed by atoms with Gasteiger partial charge in [0.1, 0.15) is 0 Å². The molecule has 1 aliphatic rings. The summed E-state index contributed by atoms with van der Waals surface area (Å²) in [4.78, 5) is 18.2. The van der Waals surface area contributed by atoms with Crippen molar-refractivity contribution in [2.75, 3.05) is 23.3 Å². The van der Waals surface area contributed by atoms with Crippen molar-refractivity contribution in [3.05, 3.63) is 52.3 Å². The summed E-state index contributed by atoms with van der Waals surface area (Å²) >= 11 is 5.80. The van der Waals surface area contributed by atoms with E-state index in [1.54, 1.807) is 13.0 Å². The number of amides is 1. The molecular weight excluding hydrogens is 448 g/mol. The van der Waals surface area contributed by atoms with Crippen LogP contribution in [0.5, 0.6) is 0 Å². The zero-order valence-electron chi connectivity index (χ0n) is 16.2. The van der Waals surface area contributed by atoms with Crippen LogP contribution in [-0.4, -0.2) is 30.2 Å². The van der Waals surface area contributed by atoms with Gasteiger partial charge < -0.3 is 10.2 Å². The minimum atomic E-state index is -4.78. The van der Waals surface area contributed by atoms with Crippen LogP contribution < -0.4 is 10.2 Å². The maximum Gasteiger partial charge on any atom is 0.417 e. The molecule has 0 unspecified atom stereocenters. The lowest BCUT2D eigenvalue weighted by atomic mass is 9.95. The number of benzene rings is 1. The molecule has 1 N–H and O–H groups in total. The van der Waals surface area contributed by atoms with E-state index < -0.39 is 34.8 Å². The molecule has 31 heavy (non-hydrogen) atoms. The molecule has 0 saturated carbocycles. The first-order valence-corrected chi connectivity index (χ1v) is 9.70. The van der Waals surface area contributed by atoms with E-state index in [2.05, 4.69) is 10.3 Å². The summed E-state index contributed by atoms with van der Waals surface area (Å²) in [7, 11) is 0. The fourth-order valence-electron chi connectivity index (χ4n) is 3.49. The van der Waals surface area contributed by atoms with Crippen LogP contribution in [0.2, 0.25) is 5.02 Å². The molecule has 1 amide bonds. The van der Waals surface area contributed by atoms with Gasteiger partial charge in [-0.3, -0.25) is 9.78 Å². The van der Waals surface area contributed by atoms with Gasteiger partial charge in [0.15, 0.2) is 0 Å². The number of nitrogens with one attached hydrogen (secondary N) is 1. The molecule has 1 fully saturated rings. The lowest BCUT2D eigenvalue weighted by Crippen LogP contribution is -2.40. The first-order chi connectivity index (χ1) is 14.4. The van der Waals surface area contributed by atoms with Crippen LogP contribution >= 0.6 is 11.6 Å². The number of anilines is 2. The van der Waals surface area contributed by atoms with Crippen molar-refractivity contribution in [1.82, 2.24) is 4.98 Å². The average molecular weight is 466 g/mol. The molecule has 2 aromatic rings. The minimum Gasteiger partial charge on any atom is -0.371 e. The van der Waals surface area contributed by atoms with Crippen molar-refractivity contribution in [3.8, 4) is 0 Å². The molecule has 3 rings (SSSR count). The Bertz CT molecular complexity index is 968. The van der Waals surface area contributed by atoms with Crippen molar-refractivity contribution in [2.45, 2.75) is 32.1 Å². The zero-order valence-corrected chi connectivity index (χ0v) is 17.0. The second kappa shape index (κ2) is 8.57. The monoisotopic (exact) mass is 465 g/mol. The molecule has 1 aromatic carbocycles. The Morgan fingerprint density at radius 2 is 1.77 bits per heavy atom. The number of pyridine rings is 1. The molecule has 0 bridgehead atoms. The van der Waals surface area contributed by atoms with Gasteiger partial charge in [-0.2, -0.15) is 26.3 Å². The average Bonchev–Trinajstić information content (AvgIpc) is 2.66.